The maximum Gasteiger partial charge on any atom is 0.0503 e. The minimum Gasteiger partial charge on any atom is -0.396 e. The van der Waals surface area contributed by atoms with Gasteiger partial charge in [0.05, 0.1) is 19.8 Å². The van der Waals surface area contributed by atoms with Gasteiger partial charge in [0.1, 0.15) is 0 Å². The lowest BCUT2D eigenvalue weighted by Crippen LogP contribution is -2.14. The molecule has 0 aliphatic heterocycles. The summed E-state index contributed by atoms with van der Waals surface area (Å²) >= 11 is 0. The molecule has 0 fully saturated rings. The molecule has 0 atom stereocenters. The molecular weight excluding hydrogens is 96.0 g/mol. The van der Waals surface area contributed by atoms with Gasteiger partial charge < -0.3 is 15.3 Å². The van der Waals surface area contributed by atoms with E-state index < -0.39 is 25.7 Å². The van der Waals surface area contributed by atoms with Gasteiger partial charge in [-0.2, -0.15) is 0 Å². The van der Waals surface area contributed by atoms with E-state index in [-0.39, 0.29) is 0 Å². The Labute approximate surface area is 43.6 Å². The Morgan fingerprint density at radius 2 is 1.43 bits per heavy atom. The topological polar surface area (TPSA) is 60.7 Å². The highest BCUT2D eigenvalue weighted by Gasteiger charge is 2.00. The Bertz CT molecular complexity index is 54.0. The summed E-state index contributed by atoms with van der Waals surface area (Å²) in [5.74, 6) is -1.46. The fourth-order valence-corrected chi connectivity index (χ4v) is 0.150. The van der Waals surface area contributed by atoms with Crippen LogP contribution in [0.15, 0.2) is 0 Å². The fraction of sp³-hybridized carbons (Fsp3) is 1.00. The van der Waals surface area contributed by atoms with Gasteiger partial charge in [-0.3, -0.25) is 0 Å². The zero-order valence-electron chi connectivity index (χ0n) is 4.96. The van der Waals surface area contributed by atoms with Crippen LogP contribution in [0.4, 0.5) is 0 Å². The lowest BCUT2D eigenvalue weighted by Gasteiger charge is -2.02. The summed E-state index contributed by atoms with van der Waals surface area (Å²) in [6.45, 7) is -1.54. The monoisotopic (exact) mass is 107 g/mol. The van der Waals surface area contributed by atoms with Crippen LogP contribution in [0.3, 0.4) is 0 Å². The van der Waals surface area contributed by atoms with Crippen LogP contribution in [0.25, 0.3) is 0 Å². The highest BCUT2D eigenvalue weighted by Crippen LogP contribution is 1.87. The minimum absolute atomic E-state index is 0.514. The molecule has 0 saturated carbocycles. The standard InChI is InChI=1S/C4H10O3/c5-1-4(2-6)3-7/h4-7H,1-3H2/i4D. The summed E-state index contributed by atoms with van der Waals surface area (Å²) in [4.78, 5) is 0. The molecule has 0 aliphatic carbocycles. The summed E-state index contributed by atoms with van der Waals surface area (Å²) in [6.07, 6.45) is 0. The van der Waals surface area contributed by atoms with E-state index in [2.05, 4.69) is 0 Å². The second-order valence-electron chi connectivity index (χ2n) is 1.22. The Morgan fingerprint density at radius 3 is 1.43 bits per heavy atom. The molecule has 0 aliphatic rings. The molecule has 3 nitrogen and oxygen atoms in total. The maximum atomic E-state index is 8.28. The van der Waals surface area contributed by atoms with E-state index in [1.54, 1.807) is 0 Å². The molecule has 0 radical (unpaired) electrons. The largest absolute Gasteiger partial charge is 0.396 e. The number of aliphatic hydroxyl groups excluding tert-OH is 3. The molecule has 0 aromatic rings. The first kappa shape index (κ1) is 5.03. The van der Waals surface area contributed by atoms with Gasteiger partial charge in [-0.1, -0.05) is 0 Å². The quantitative estimate of drug-likeness (QED) is 0.415. The first-order valence-corrected chi connectivity index (χ1v) is 2.01. The van der Waals surface area contributed by atoms with Crippen LogP contribution in [0.5, 0.6) is 0 Å². The highest BCUT2D eigenvalue weighted by atomic mass is 16.3. The molecule has 3 heteroatoms. The van der Waals surface area contributed by atoms with Crippen molar-refractivity contribution in [3.8, 4) is 0 Å². The summed E-state index contributed by atoms with van der Waals surface area (Å²) in [6, 6.07) is 0. The van der Waals surface area contributed by atoms with Crippen LogP contribution < -0.4 is 0 Å². The van der Waals surface area contributed by atoms with Gasteiger partial charge in [-0.25, -0.2) is 0 Å². The predicted molar refractivity (Wildman–Crippen MR) is 24.7 cm³/mol. The van der Waals surface area contributed by atoms with Crippen molar-refractivity contribution in [3.05, 3.63) is 0 Å². The molecular formula is C4H10O3. The smallest absolute Gasteiger partial charge is 0.0503 e. The van der Waals surface area contributed by atoms with Crippen LogP contribution >= 0.6 is 0 Å². The number of hydrogen-bond acceptors (Lipinski definition) is 3. The lowest BCUT2D eigenvalue weighted by molar-refractivity contribution is 0.0969. The predicted octanol–water partition coefficient (Wildman–Crippen LogP) is -1.42. The van der Waals surface area contributed by atoms with Gasteiger partial charge in [0, 0.05) is 7.26 Å². The van der Waals surface area contributed by atoms with Gasteiger partial charge in [-0.05, 0) is 0 Å². The van der Waals surface area contributed by atoms with Crippen molar-refractivity contribution in [2.45, 2.75) is 0 Å². The molecule has 0 saturated heterocycles. The average Bonchev–Trinajstić information content (AvgIpc) is 1.87. The van der Waals surface area contributed by atoms with E-state index in [9.17, 15) is 0 Å². The van der Waals surface area contributed by atoms with Gasteiger partial charge in [0.25, 0.3) is 0 Å². The van der Waals surface area contributed by atoms with Crippen molar-refractivity contribution in [2.24, 2.45) is 5.89 Å². The Hall–Kier alpha value is -0.120. The molecule has 0 amide bonds. The zero-order valence-corrected chi connectivity index (χ0v) is 3.96. The normalized spacial score (nSPS) is 13.9. The molecule has 0 heterocycles. The fourth-order valence-electron chi connectivity index (χ4n) is 0.150. The van der Waals surface area contributed by atoms with E-state index in [1.165, 1.54) is 0 Å². The Morgan fingerprint density at radius 1 is 1.14 bits per heavy atom. The van der Waals surface area contributed by atoms with Crippen molar-refractivity contribution < 1.29 is 16.7 Å². The van der Waals surface area contributed by atoms with Gasteiger partial charge >= 0.3 is 0 Å². The van der Waals surface area contributed by atoms with Gasteiger partial charge in [0.15, 0.2) is 0 Å². The van der Waals surface area contributed by atoms with Crippen molar-refractivity contribution in [2.75, 3.05) is 19.8 Å². The molecule has 0 rings (SSSR count). The lowest BCUT2D eigenvalue weighted by atomic mass is 10.2. The zero-order chi connectivity index (χ0) is 6.62. The third-order valence-corrected chi connectivity index (χ3v) is 0.671. The van der Waals surface area contributed by atoms with E-state index in [0.29, 0.717) is 0 Å². The molecule has 0 unspecified atom stereocenters. The van der Waals surface area contributed by atoms with E-state index in [4.69, 9.17) is 16.7 Å². The maximum absolute atomic E-state index is 8.28. The SMILES string of the molecule is [2H]C(CO)(CO)CO. The average molecular weight is 107 g/mol. The van der Waals surface area contributed by atoms with E-state index in [0.717, 1.165) is 0 Å². The number of hydrogen-bond donors (Lipinski definition) is 3. The second-order valence-corrected chi connectivity index (χ2v) is 1.22. The van der Waals surface area contributed by atoms with Gasteiger partial charge in [-0.15, -0.1) is 0 Å². The van der Waals surface area contributed by atoms with Crippen LogP contribution in [0, 0.1) is 5.89 Å². The van der Waals surface area contributed by atoms with Gasteiger partial charge in [0.2, 0.25) is 0 Å². The second kappa shape index (κ2) is 4.05. The first-order chi connectivity index (χ1) is 3.68. The first-order valence-electron chi connectivity index (χ1n) is 2.51. The van der Waals surface area contributed by atoms with Crippen LogP contribution in [0.2, 0.25) is 0 Å². The summed E-state index contributed by atoms with van der Waals surface area (Å²) in [7, 11) is 0. The summed E-state index contributed by atoms with van der Waals surface area (Å²) in [5, 5.41) is 24.8. The molecule has 0 spiro atoms. The third-order valence-electron chi connectivity index (χ3n) is 0.671. The van der Waals surface area contributed by atoms with Crippen molar-refractivity contribution in [1.82, 2.24) is 0 Å². The number of aliphatic hydroxyl groups is 3. The van der Waals surface area contributed by atoms with Crippen LogP contribution in [-0.2, 0) is 0 Å². The van der Waals surface area contributed by atoms with Crippen LogP contribution in [-0.4, -0.2) is 35.1 Å². The molecule has 0 aromatic carbocycles. The molecule has 7 heavy (non-hydrogen) atoms. The molecule has 44 valence electrons. The van der Waals surface area contributed by atoms with Crippen molar-refractivity contribution >= 4 is 0 Å². The number of rotatable bonds is 3. The van der Waals surface area contributed by atoms with Crippen molar-refractivity contribution in [3.63, 3.8) is 0 Å². The molecule has 0 bridgehead atoms. The minimum atomic E-state index is -1.46. The highest BCUT2D eigenvalue weighted by molar-refractivity contribution is 4.49. The summed E-state index contributed by atoms with van der Waals surface area (Å²) < 4.78 is 6.92. The molecule has 3 N–H and O–H groups in total. The summed E-state index contributed by atoms with van der Waals surface area (Å²) in [5.41, 5.74) is 0. The molecule has 0 aromatic heterocycles. The van der Waals surface area contributed by atoms with Crippen LogP contribution in [0.1, 0.15) is 1.37 Å². The Kier molecular flexibility index (Phi) is 2.91. The van der Waals surface area contributed by atoms with E-state index >= 15 is 0 Å². The third kappa shape index (κ3) is 2.56. The van der Waals surface area contributed by atoms with Crippen molar-refractivity contribution in [1.29, 1.82) is 0 Å². The van der Waals surface area contributed by atoms with E-state index in [1.807, 2.05) is 0 Å². The Balaban J connectivity index is 3.58.